The molecule has 3 rings (SSSR count). The van der Waals surface area contributed by atoms with E-state index < -0.39 is 5.41 Å². The van der Waals surface area contributed by atoms with Gasteiger partial charge in [-0.25, -0.2) is 4.79 Å². The van der Waals surface area contributed by atoms with Crippen LogP contribution in [0.2, 0.25) is 5.02 Å². The van der Waals surface area contributed by atoms with Crippen molar-refractivity contribution in [1.82, 2.24) is 10.2 Å². The Bertz CT molecular complexity index is 853. The molecule has 0 aliphatic carbocycles. The molecule has 2 aromatic rings. The number of nitrogens with zero attached hydrogens (tertiary/aromatic N) is 1. The van der Waals surface area contributed by atoms with Gasteiger partial charge in [0.05, 0.1) is 5.41 Å². The summed E-state index contributed by atoms with van der Waals surface area (Å²) in [7, 11) is 0. The van der Waals surface area contributed by atoms with Crippen molar-refractivity contribution in [3.63, 3.8) is 0 Å². The minimum atomic E-state index is -0.599. The Morgan fingerprint density at radius 1 is 1.14 bits per heavy atom. The number of amides is 3. The van der Waals surface area contributed by atoms with Gasteiger partial charge in [0.15, 0.2) is 0 Å². The Balaban J connectivity index is 1.60. The third kappa shape index (κ3) is 4.84. The molecule has 0 saturated carbocycles. The first-order chi connectivity index (χ1) is 13.4. The van der Waals surface area contributed by atoms with Gasteiger partial charge in [0, 0.05) is 30.3 Å². The van der Waals surface area contributed by atoms with Gasteiger partial charge in [-0.15, -0.1) is 0 Å². The maximum absolute atomic E-state index is 12.9. The second kappa shape index (κ2) is 8.65. The molecule has 5 nitrogen and oxygen atoms in total. The van der Waals surface area contributed by atoms with Gasteiger partial charge in [-0.1, -0.05) is 35.9 Å². The number of likely N-dealkylation sites (tertiary alicyclic amines) is 1. The van der Waals surface area contributed by atoms with E-state index in [1.807, 2.05) is 38.1 Å². The summed E-state index contributed by atoms with van der Waals surface area (Å²) >= 11 is 5.89. The Morgan fingerprint density at radius 3 is 2.57 bits per heavy atom. The molecule has 1 fully saturated rings. The minimum Gasteiger partial charge on any atom is -0.351 e. The molecule has 1 atom stereocenters. The van der Waals surface area contributed by atoms with Crippen LogP contribution in [0.1, 0.15) is 30.9 Å². The summed E-state index contributed by atoms with van der Waals surface area (Å²) < 4.78 is 0. The molecule has 0 aromatic heterocycles. The summed E-state index contributed by atoms with van der Waals surface area (Å²) in [6, 6.07) is 14.8. The van der Waals surface area contributed by atoms with Crippen molar-refractivity contribution in [1.29, 1.82) is 0 Å². The number of hydrogen-bond donors (Lipinski definition) is 2. The van der Waals surface area contributed by atoms with Crippen LogP contribution in [0, 0.1) is 12.3 Å². The van der Waals surface area contributed by atoms with Gasteiger partial charge in [-0.3, -0.25) is 4.79 Å². The van der Waals surface area contributed by atoms with E-state index in [1.165, 1.54) is 0 Å². The van der Waals surface area contributed by atoms with E-state index in [9.17, 15) is 9.59 Å². The van der Waals surface area contributed by atoms with Crippen LogP contribution >= 0.6 is 11.6 Å². The number of piperidine rings is 1. The van der Waals surface area contributed by atoms with Crippen LogP contribution < -0.4 is 10.6 Å². The van der Waals surface area contributed by atoms with Crippen molar-refractivity contribution in [2.45, 2.75) is 33.2 Å². The van der Waals surface area contributed by atoms with Crippen LogP contribution in [-0.2, 0) is 11.3 Å². The van der Waals surface area contributed by atoms with Gasteiger partial charge >= 0.3 is 6.03 Å². The SMILES string of the molecule is Cc1ccccc1CNC(=O)[C@]1(C)CCCN(C(=O)Nc2ccc(Cl)cc2)C1. The molecule has 1 saturated heterocycles. The quantitative estimate of drug-likeness (QED) is 0.789. The van der Waals surface area contributed by atoms with Gasteiger partial charge in [-0.2, -0.15) is 0 Å². The maximum Gasteiger partial charge on any atom is 0.321 e. The third-order valence-electron chi connectivity index (χ3n) is 5.33. The molecule has 1 aliphatic rings. The molecular formula is C22H26ClN3O2. The maximum atomic E-state index is 12.9. The number of halogens is 1. The first kappa shape index (κ1) is 20.2. The molecule has 3 amide bonds. The highest BCUT2D eigenvalue weighted by molar-refractivity contribution is 6.30. The number of aryl methyl sites for hydroxylation is 1. The fourth-order valence-electron chi connectivity index (χ4n) is 3.53. The van der Waals surface area contributed by atoms with Gasteiger partial charge in [0.25, 0.3) is 0 Å². The average molecular weight is 400 g/mol. The number of carbonyl (C=O) groups excluding carboxylic acids is 2. The monoisotopic (exact) mass is 399 g/mol. The van der Waals surface area contributed by atoms with Crippen molar-refractivity contribution < 1.29 is 9.59 Å². The average Bonchev–Trinajstić information content (AvgIpc) is 2.69. The van der Waals surface area contributed by atoms with E-state index in [1.54, 1.807) is 29.2 Å². The van der Waals surface area contributed by atoms with Crippen LogP contribution in [0.15, 0.2) is 48.5 Å². The molecule has 1 aliphatic heterocycles. The fraction of sp³-hybridized carbons (Fsp3) is 0.364. The van der Waals surface area contributed by atoms with Gasteiger partial charge in [0.1, 0.15) is 0 Å². The number of hydrogen-bond acceptors (Lipinski definition) is 2. The Morgan fingerprint density at radius 2 is 1.86 bits per heavy atom. The summed E-state index contributed by atoms with van der Waals surface area (Å²) in [5.41, 5.74) is 2.34. The highest BCUT2D eigenvalue weighted by Crippen LogP contribution is 2.30. The normalized spacial score (nSPS) is 19.2. The summed E-state index contributed by atoms with van der Waals surface area (Å²) in [5, 5.41) is 6.55. The molecule has 28 heavy (non-hydrogen) atoms. The van der Waals surface area contributed by atoms with Crippen molar-refractivity contribution in [3.05, 3.63) is 64.7 Å². The minimum absolute atomic E-state index is 0.0141. The lowest BCUT2D eigenvalue weighted by atomic mass is 9.81. The lowest BCUT2D eigenvalue weighted by molar-refractivity contribution is -0.132. The van der Waals surface area contributed by atoms with Crippen molar-refractivity contribution >= 4 is 29.2 Å². The molecule has 0 unspecified atom stereocenters. The summed E-state index contributed by atoms with van der Waals surface area (Å²) in [6.45, 7) is 5.50. The number of benzene rings is 2. The molecule has 0 spiro atoms. The smallest absolute Gasteiger partial charge is 0.321 e. The third-order valence-corrected chi connectivity index (χ3v) is 5.58. The van der Waals surface area contributed by atoms with Gasteiger partial charge < -0.3 is 15.5 Å². The van der Waals surface area contributed by atoms with E-state index >= 15 is 0 Å². The van der Waals surface area contributed by atoms with Crippen molar-refractivity contribution in [2.75, 3.05) is 18.4 Å². The standard InChI is InChI=1S/C22H26ClN3O2/c1-16-6-3-4-7-17(16)14-24-20(27)22(2)12-5-13-26(15-22)21(28)25-19-10-8-18(23)9-11-19/h3-4,6-11H,5,12-15H2,1-2H3,(H,24,27)(H,25,28)/t22-/m1/s1. The summed E-state index contributed by atoms with van der Waals surface area (Å²) in [4.78, 5) is 27.2. The van der Waals surface area contributed by atoms with Crippen LogP contribution in [0.3, 0.4) is 0 Å². The Hall–Kier alpha value is -2.53. The van der Waals surface area contributed by atoms with E-state index in [0.717, 1.165) is 24.0 Å². The highest BCUT2D eigenvalue weighted by Gasteiger charge is 2.39. The predicted molar refractivity (Wildman–Crippen MR) is 112 cm³/mol. The topological polar surface area (TPSA) is 61.4 Å². The van der Waals surface area contributed by atoms with Crippen LogP contribution in [0.25, 0.3) is 0 Å². The van der Waals surface area contributed by atoms with Crippen LogP contribution in [0.5, 0.6) is 0 Å². The zero-order valence-electron chi connectivity index (χ0n) is 16.3. The second-order valence-electron chi connectivity index (χ2n) is 7.63. The molecule has 0 radical (unpaired) electrons. The summed E-state index contributed by atoms with van der Waals surface area (Å²) in [5.74, 6) is -0.0141. The number of anilines is 1. The molecule has 148 valence electrons. The van der Waals surface area contributed by atoms with Gasteiger partial charge in [-0.05, 0) is 62.1 Å². The van der Waals surface area contributed by atoms with Crippen molar-refractivity contribution in [3.8, 4) is 0 Å². The van der Waals surface area contributed by atoms with E-state index in [2.05, 4.69) is 10.6 Å². The first-order valence-electron chi connectivity index (χ1n) is 9.52. The highest BCUT2D eigenvalue weighted by atomic mass is 35.5. The lowest BCUT2D eigenvalue weighted by Crippen LogP contribution is -2.52. The zero-order valence-corrected chi connectivity index (χ0v) is 17.1. The van der Waals surface area contributed by atoms with Crippen LogP contribution in [-0.4, -0.2) is 29.9 Å². The predicted octanol–water partition coefficient (Wildman–Crippen LogP) is 4.60. The Kier molecular flexibility index (Phi) is 6.25. The number of urea groups is 1. The second-order valence-corrected chi connectivity index (χ2v) is 8.07. The number of rotatable bonds is 4. The molecule has 1 heterocycles. The zero-order chi connectivity index (χ0) is 20.1. The molecule has 2 N–H and O–H groups in total. The molecule has 2 aromatic carbocycles. The number of nitrogens with one attached hydrogen (secondary N) is 2. The van der Waals surface area contributed by atoms with E-state index in [4.69, 9.17) is 11.6 Å². The molecule has 6 heteroatoms. The lowest BCUT2D eigenvalue weighted by Gasteiger charge is -2.39. The van der Waals surface area contributed by atoms with Crippen LogP contribution in [0.4, 0.5) is 10.5 Å². The Labute approximate surface area is 171 Å². The van der Waals surface area contributed by atoms with E-state index in [-0.39, 0.29) is 11.9 Å². The first-order valence-corrected chi connectivity index (χ1v) is 9.89. The summed E-state index contributed by atoms with van der Waals surface area (Å²) in [6.07, 6.45) is 1.56. The largest absolute Gasteiger partial charge is 0.351 e. The van der Waals surface area contributed by atoms with Crippen molar-refractivity contribution in [2.24, 2.45) is 5.41 Å². The van der Waals surface area contributed by atoms with Gasteiger partial charge in [0.2, 0.25) is 5.91 Å². The molecular weight excluding hydrogens is 374 g/mol. The van der Waals surface area contributed by atoms with E-state index in [0.29, 0.717) is 30.3 Å². The number of carbonyl (C=O) groups is 2. The fourth-order valence-corrected chi connectivity index (χ4v) is 3.66. The molecule has 0 bridgehead atoms.